The number of nitrogens with zero attached hydrogens (tertiary/aromatic N) is 1. The van der Waals surface area contributed by atoms with Crippen LogP contribution < -0.4 is 5.32 Å². The lowest BCUT2D eigenvalue weighted by atomic mass is 9.86. The van der Waals surface area contributed by atoms with Gasteiger partial charge in [0.2, 0.25) is 0 Å². The summed E-state index contributed by atoms with van der Waals surface area (Å²) in [6, 6.07) is 19.5. The van der Waals surface area contributed by atoms with Crippen LogP contribution in [-0.4, -0.2) is 16.6 Å². The molecule has 0 saturated carbocycles. The van der Waals surface area contributed by atoms with Crippen molar-refractivity contribution in [2.75, 3.05) is 5.32 Å². The summed E-state index contributed by atoms with van der Waals surface area (Å²) >= 11 is 0. The van der Waals surface area contributed by atoms with Crippen molar-refractivity contribution in [2.45, 2.75) is 26.2 Å². The van der Waals surface area contributed by atoms with E-state index < -0.39 is 16.6 Å². The highest BCUT2D eigenvalue weighted by molar-refractivity contribution is 6.15. The van der Waals surface area contributed by atoms with E-state index in [1.165, 1.54) is 18.2 Å². The monoisotopic (exact) mass is 402 g/mol. The van der Waals surface area contributed by atoms with E-state index in [1.54, 1.807) is 42.5 Å². The van der Waals surface area contributed by atoms with Crippen molar-refractivity contribution < 1.29 is 14.5 Å². The van der Waals surface area contributed by atoms with Gasteiger partial charge in [-0.3, -0.25) is 19.7 Å². The second kappa shape index (κ2) is 8.29. The number of carbonyl (C=O) groups excluding carboxylic acids is 2. The highest BCUT2D eigenvalue weighted by Crippen LogP contribution is 2.26. The number of rotatable bonds is 5. The van der Waals surface area contributed by atoms with Crippen LogP contribution in [-0.2, 0) is 5.41 Å². The lowest BCUT2D eigenvalue weighted by Crippen LogP contribution is -2.16. The average Bonchev–Trinajstić information content (AvgIpc) is 2.73. The molecule has 3 rings (SSSR count). The van der Waals surface area contributed by atoms with Gasteiger partial charge in [-0.05, 0) is 29.2 Å². The molecule has 0 atom stereocenters. The first-order valence-electron chi connectivity index (χ1n) is 9.47. The minimum absolute atomic E-state index is 0.0390. The maximum Gasteiger partial charge on any atom is 0.270 e. The van der Waals surface area contributed by atoms with E-state index in [4.69, 9.17) is 0 Å². The fraction of sp³-hybridized carbons (Fsp3) is 0.167. The zero-order valence-electron chi connectivity index (χ0n) is 17.0. The van der Waals surface area contributed by atoms with E-state index in [1.807, 2.05) is 12.1 Å². The van der Waals surface area contributed by atoms with Crippen LogP contribution in [0.25, 0.3) is 0 Å². The summed E-state index contributed by atoms with van der Waals surface area (Å²) in [4.78, 5) is 36.3. The van der Waals surface area contributed by atoms with Gasteiger partial charge >= 0.3 is 0 Å². The second-order valence-electron chi connectivity index (χ2n) is 7.96. The molecule has 0 aliphatic carbocycles. The fourth-order valence-electron chi connectivity index (χ4n) is 3.00. The highest BCUT2D eigenvalue weighted by atomic mass is 16.6. The van der Waals surface area contributed by atoms with Crippen LogP contribution in [0.15, 0.2) is 72.8 Å². The molecule has 152 valence electrons. The minimum Gasteiger partial charge on any atom is -0.321 e. The first kappa shape index (κ1) is 20.9. The van der Waals surface area contributed by atoms with Gasteiger partial charge in [0, 0.05) is 23.3 Å². The van der Waals surface area contributed by atoms with Gasteiger partial charge in [-0.25, -0.2) is 0 Å². The lowest BCUT2D eigenvalue weighted by Gasteiger charge is -2.19. The molecule has 3 aromatic rings. The highest BCUT2D eigenvalue weighted by Gasteiger charge is 2.20. The van der Waals surface area contributed by atoms with Gasteiger partial charge < -0.3 is 5.32 Å². The van der Waals surface area contributed by atoms with Crippen molar-refractivity contribution in [3.8, 4) is 0 Å². The van der Waals surface area contributed by atoms with E-state index in [-0.39, 0.29) is 22.4 Å². The van der Waals surface area contributed by atoms with Crippen LogP contribution in [0, 0.1) is 10.1 Å². The van der Waals surface area contributed by atoms with Crippen LogP contribution in [0.2, 0.25) is 0 Å². The number of carbonyl (C=O) groups is 2. The van der Waals surface area contributed by atoms with Crippen molar-refractivity contribution in [2.24, 2.45) is 0 Å². The lowest BCUT2D eigenvalue weighted by molar-refractivity contribution is -0.384. The zero-order valence-corrected chi connectivity index (χ0v) is 17.0. The molecule has 6 nitrogen and oxygen atoms in total. The van der Waals surface area contributed by atoms with Crippen molar-refractivity contribution >= 4 is 23.1 Å². The number of anilines is 1. The molecule has 0 aliphatic rings. The van der Waals surface area contributed by atoms with Crippen LogP contribution in [0.5, 0.6) is 0 Å². The summed E-state index contributed by atoms with van der Waals surface area (Å²) in [7, 11) is 0. The Labute approximate surface area is 174 Å². The van der Waals surface area contributed by atoms with E-state index in [2.05, 4.69) is 26.1 Å². The molecule has 30 heavy (non-hydrogen) atoms. The summed E-state index contributed by atoms with van der Waals surface area (Å²) in [6.07, 6.45) is 0. The van der Waals surface area contributed by atoms with Crippen molar-refractivity contribution in [1.82, 2.24) is 0 Å². The first-order valence-corrected chi connectivity index (χ1v) is 9.47. The molecule has 0 fully saturated rings. The predicted octanol–water partition coefficient (Wildman–Crippen LogP) is 5.38. The Morgan fingerprint density at radius 2 is 1.50 bits per heavy atom. The van der Waals surface area contributed by atoms with Gasteiger partial charge in [0.05, 0.1) is 16.2 Å². The smallest absolute Gasteiger partial charge is 0.270 e. The Balaban J connectivity index is 1.94. The number of hydrogen-bond donors (Lipinski definition) is 1. The Kier molecular flexibility index (Phi) is 5.78. The van der Waals surface area contributed by atoms with Crippen LogP contribution in [0.1, 0.15) is 52.6 Å². The van der Waals surface area contributed by atoms with Gasteiger partial charge in [-0.15, -0.1) is 0 Å². The van der Waals surface area contributed by atoms with Crippen molar-refractivity contribution in [3.05, 3.63) is 105 Å². The van der Waals surface area contributed by atoms with Crippen molar-refractivity contribution in [3.63, 3.8) is 0 Å². The van der Waals surface area contributed by atoms with E-state index in [9.17, 15) is 19.7 Å². The topological polar surface area (TPSA) is 89.3 Å². The molecule has 0 radical (unpaired) electrons. The number of benzene rings is 3. The molecule has 1 N–H and O–H groups in total. The SMILES string of the molecule is CC(C)(C)c1ccc(C(=O)Nc2ccc([N+](=O)[O-])cc2C(=O)c2ccccc2)cc1. The minimum atomic E-state index is -0.571. The number of hydrogen-bond acceptors (Lipinski definition) is 4. The summed E-state index contributed by atoms with van der Waals surface area (Å²) in [5.41, 5.74) is 1.93. The van der Waals surface area contributed by atoms with Crippen LogP contribution in [0.4, 0.5) is 11.4 Å². The van der Waals surface area contributed by atoms with E-state index >= 15 is 0 Å². The second-order valence-corrected chi connectivity index (χ2v) is 7.96. The van der Waals surface area contributed by atoms with Gasteiger partial charge in [0.25, 0.3) is 11.6 Å². The van der Waals surface area contributed by atoms with Crippen molar-refractivity contribution in [1.29, 1.82) is 0 Å². The molecule has 0 bridgehead atoms. The third kappa shape index (κ3) is 4.60. The van der Waals surface area contributed by atoms with Gasteiger partial charge in [0.1, 0.15) is 0 Å². The number of nitro benzene ring substituents is 1. The Morgan fingerprint density at radius 3 is 2.07 bits per heavy atom. The number of nitro groups is 1. The van der Waals surface area contributed by atoms with Gasteiger partial charge in [-0.2, -0.15) is 0 Å². The molecule has 3 aromatic carbocycles. The standard InChI is InChI=1S/C24H22N2O4/c1-24(2,3)18-11-9-17(10-12-18)23(28)25-21-14-13-19(26(29)30)15-20(21)22(27)16-7-5-4-6-8-16/h4-15H,1-3H3,(H,25,28). The number of amides is 1. The zero-order chi connectivity index (χ0) is 21.9. The summed E-state index contributed by atoms with van der Waals surface area (Å²) < 4.78 is 0. The summed E-state index contributed by atoms with van der Waals surface area (Å²) in [5, 5.41) is 13.9. The van der Waals surface area contributed by atoms with E-state index in [0.717, 1.165) is 5.56 Å². The molecule has 6 heteroatoms. The largest absolute Gasteiger partial charge is 0.321 e. The Hall–Kier alpha value is -3.80. The molecular formula is C24H22N2O4. The number of non-ortho nitro benzene ring substituents is 1. The Bertz CT molecular complexity index is 1100. The maximum absolute atomic E-state index is 12.9. The molecular weight excluding hydrogens is 380 g/mol. The average molecular weight is 402 g/mol. The van der Waals surface area contributed by atoms with Gasteiger partial charge in [-0.1, -0.05) is 63.2 Å². The third-order valence-electron chi connectivity index (χ3n) is 4.76. The van der Waals surface area contributed by atoms with E-state index in [0.29, 0.717) is 11.1 Å². The molecule has 0 saturated heterocycles. The van der Waals surface area contributed by atoms with Crippen LogP contribution >= 0.6 is 0 Å². The summed E-state index contributed by atoms with van der Waals surface area (Å²) in [6.45, 7) is 6.25. The molecule has 0 heterocycles. The normalized spacial score (nSPS) is 11.0. The quantitative estimate of drug-likeness (QED) is 0.353. The number of ketones is 1. The fourth-order valence-corrected chi connectivity index (χ4v) is 3.00. The summed E-state index contributed by atoms with van der Waals surface area (Å²) in [5.74, 6) is -0.802. The first-order chi connectivity index (χ1) is 14.2. The molecule has 0 aromatic heterocycles. The third-order valence-corrected chi connectivity index (χ3v) is 4.76. The maximum atomic E-state index is 12.9. The number of nitrogens with one attached hydrogen (secondary N) is 1. The molecule has 0 aliphatic heterocycles. The predicted molar refractivity (Wildman–Crippen MR) is 116 cm³/mol. The van der Waals surface area contributed by atoms with Crippen LogP contribution in [0.3, 0.4) is 0 Å². The van der Waals surface area contributed by atoms with Gasteiger partial charge in [0.15, 0.2) is 5.78 Å². The molecule has 0 unspecified atom stereocenters. The molecule has 1 amide bonds. The molecule has 0 spiro atoms. The Morgan fingerprint density at radius 1 is 0.867 bits per heavy atom.